The van der Waals surface area contributed by atoms with E-state index in [4.69, 9.17) is 14.2 Å². The SMILES string of the molecule is COc1cc(OC)c(C2=CCN(C(=O)c3ccc(F)cc3Br)CC2)c(OC)c1. The minimum absolute atomic E-state index is 0.143. The van der Waals surface area contributed by atoms with Gasteiger partial charge in [-0.15, -0.1) is 0 Å². The number of methoxy groups -OCH3 is 3. The van der Waals surface area contributed by atoms with Crippen molar-refractivity contribution in [2.45, 2.75) is 6.42 Å². The monoisotopic (exact) mass is 449 g/mol. The third-order valence-corrected chi connectivity index (χ3v) is 5.35. The van der Waals surface area contributed by atoms with Gasteiger partial charge in [0.05, 0.1) is 32.5 Å². The molecule has 3 rings (SSSR count). The van der Waals surface area contributed by atoms with Gasteiger partial charge in [-0.05, 0) is 46.1 Å². The first-order chi connectivity index (χ1) is 13.5. The molecule has 0 spiro atoms. The Morgan fingerprint density at radius 2 is 1.75 bits per heavy atom. The Morgan fingerprint density at radius 1 is 1.07 bits per heavy atom. The van der Waals surface area contributed by atoms with Crippen molar-refractivity contribution in [2.75, 3.05) is 34.4 Å². The maximum atomic E-state index is 13.3. The molecule has 28 heavy (non-hydrogen) atoms. The highest BCUT2D eigenvalue weighted by Crippen LogP contribution is 2.41. The van der Waals surface area contributed by atoms with Gasteiger partial charge in [0.15, 0.2) is 0 Å². The molecule has 0 saturated carbocycles. The van der Waals surface area contributed by atoms with Gasteiger partial charge in [0.25, 0.3) is 5.91 Å². The lowest BCUT2D eigenvalue weighted by atomic mass is 9.96. The molecule has 0 unspecified atom stereocenters. The molecule has 2 aromatic rings. The molecule has 0 saturated heterocycles. The largest absolute Gasteiger partial charge is 0.496 e. The van der Waals surface area contributed by atoms with Crippen molar-refractivity contribution in [3.63, 3.8) is 0 Å². The predicted molar refractivity (Wildman–Crippen MR) is 109 cm³/mol. The van der Waals surface area contributed by atoms with Crippen LogP contribution in [0.25, 0.3) is 5.57 Å². The van der Waals surface area contributed by atoms with Crippen LogP contribution in [0.5, 0.6) is 17.2 Å². The van der Waals surface area contributed by atoms with E-state index in [1.807, 2.05) is 18.2 Å². The summed E-state index contributed by atoms with van der Waals surface area (Å²) in [5.41, 5.74) is 2.34. The summed E-state index contributed by atoms with van der Waals surface area (Å²) in [6.45, 7) is 0.975. The molecule has 148 valence electrons. The van der Waals surface area contributed by atoms with E-state index in [0.29, 0.717) is 46.8 Å². The maximum Gasteiger partial charge on any atom is 0.255 e. The molecule has 0 bridgehead atoms. The highest BCUT2D eigenvalue weighted by Gasteiger charge is 2.24. The number of ether oxygens (including phenoxy) is 3. The Balaban J connectivity index is 1.87. The second-order valence-electron chi connectivity index (χ2n) is 6.26. The number of rotatable bonds is 5. The smallest absolute Gasteiger partial charge is 0.255 e. The van der Waals surface area contributed by atoms with E-state index in [2.05, 4.69) is 15.9 Å². The number of halogens is 2. The molecule has 1 aliphatic rings. The lowest BCUT2D eigenvalue weighted by Crippen LogP contribution is -2.35. The molecular formula is C21H21BrFNO4. The molecule has 0 aliphatic carbocycles. The van der Waals surface area contributed by atoms with E-state index in [1.165, 1.54) is 18.2 Å². The molecule has 2 aromatic carbocycles. The van der Waals surface area contributed by atoms with Crippen LogP contribution in [0.15, 0.2) is 40.9 Å². The molecule has 0 aromatic heterocycles. The Labute approximate surface area is 171 Å². The Kier molecular flexibility index (Phi) is 6.24. The van der Waals surface area contributed by atoms with Gasteiger partial charge in [-0.3, -0.25) is 4.79 Å². The second-order valence-corrected chi connectivity index (χ2v) is 7.12. The summed E-state index contributed by atoms with van der Waals surface area (Å²) in [5.74, 6) is 1.43. The molecule has 0 fully saturated rings. The second kappa shape index (κ2) is 8.65. The van der Waals surface area contributed by atoms with Gasteiger partial charge in [-0.2, -0.15) is 0 Å². The van der Waals surface area contributed by atoms with Gasteiger partial charge in [0.1, 0.15) is 23.1 Å². The van der Waals surface area contributed by atoms with Crippen molar-refractivity contribution in [3.05, 3.63) is 57.8 Å². The average Bonchev–Trinajstić information content (AvgIpc) is 2.72. The molecule has 7 heteroatoms. The van der Waals surface area contributed by atoms with E-state index in [1.54, 1.807) is 26.2 Å². The van der Waals surface area contributed by atoms with Gasteiger partial charge in [-0.1, -0.05) is 6.08 Å². The molecule has 5 nitrogen and oxygen atoms in total. The number of hydrogen-bond acceptors (Lipinski definition) is 4. The van der Waals surface area contributed by atoms with Gasteiger partial charge in [0.2, 0.25) is 0 Å². The Bertz CT molecular complexity index is 904. The number of amides is 1. The molecular weight excluding hydrogens is 429 g/mol. The zero-order valence-electron chi connectivity index (χ0n) is 15.9. The van der Waals surface area contributed by atoms with E-state index in [-0.39, 0.29) is 11.7 Å². The Morgan fingerprint density at radius 3 is 2.25 bits per heavy atom. The number of benzene rings is 2. The lowest BCUT2D eigenvalue weighted by molar-refractivity contribution is 0.0772. The first kappa shape index (κ1) is 20.2. The van der Waals surface area contributed by atoms with E-state index >= 15 is 0 Å². The summed E-state index contributed by atoms with van der Waals surface area (Å²) in [7, 11) is 4.79. The van der Waals surface area contributed by atoms with Crippen molar-refractivity contribution < 1.29 is 23.4 Å². The van der Waals surface area contributed by atoms with Crippen molar-refractivity contribution in [1.29, 1.82) is 0 Å². The van der Waals surface area contributed by atoms with Gasteiger partial charge >= 0.3 is 0 Å². The third kappa shape index (κ3) is 3.99. The van der Waals surface area contributed by atoms with E-state index < -0.39 is 0 Å². The summed E-state index contributed by atoms with van der Waals surface area (Å²) in [4.78, 5) is 14.5. The topological polar surface area (TPSA) is 48.0 Å². The summed E-state index contributed by atoms with van der Waals surface area (Å²) in [6, 6.07) is 7.70. The van der Waals surface area contributed by atoms with Crippen LogP contribution in [0.3, 0.4) is 0 Å². The number of carbonyl (C=O) groups excluding carboxylic acids is 1. The van der Waals surface area contributed by atoms with Crippen molar-refractivity contribution in [2.24, 2.45) is 0 Å². The van der Waals surface area contributed by atoms with Crippen LogP contribution < -0.4 is 14.2 Å². The summed E-state index contributed by atoms with van der Waals surface area (Å²) >= 11 is 3.27. The van der Waals surface area contributed by atoms with Crippen LogP contribution in [0.2, 0.25) is 0 Å². The number of hydrogen-bond donors (Lipinski definition) is 0. The highest BCUT2D eigenvalue weighted by atomic mass is 79.9. The third-order valence-electron chi connectivity index (χ3n) is 4.69. The minimum Gasteiger partial charge on any atom is -0.496 e. The highest BCUT2D eigenvalue weighted by molar-refractivity contribution is 9.10. The van der Waals surface area contributed by atoms with Crippen molar-refractivity contribution >= 4 is 27.4 Å². The molecule has 0 atom stereocenters. The summed E-state index contributed by atoms with van der Waals surface area (Å²) < 4.78 is 30.1. The molecule has 0 N–H and O–H groups in total. The van der Waals surface area contributed by atoms with Gasteiger partial charge in [-0.25, -0.2) is 4.39 Å². The van der Waals surface area contributed by atoms with Crippen LogP contribution in [0.4, 0.5) is 4.39 Å². The minimum atomic E-state index is -0.386. The zero-order chi connectivity index (χ0) is 20.3. The standard InChI is InChI=1S/C21H21BrFNO4/c1-26-15-11-18(27-2)20(19(12-15)28-3)13-6-8-24(9-7-13)21(25)16-5-4-14(23)10-17(16)22/h4-6,10-12H,7-9H2,1-3H3. The normalized spacial score (nSPS) is 13.8. The number of carbonyl (C=O) groups is 1. The molecule has 1 amide bonds. The van der Waals surface area contributed by atoms with E-state index in [0.717, 1.165) is 11.1 Å². The predicted octanol–water partition coefficient (Wildman–Crippen LogP) is 4.54. The quantitative estimate of drug-likeness (QED) is 0.671. The first-order valence-corrected chi connectivity index (χ1v) is 9.51. The van der Waals surface area contributed by atoms with Crippen LogP contribution >= 0.6 is 15.9 Å². The fourth-order valence-corrected chi connectivity index (χ4v) is 3.76. The van der Waals surface area contributed by atoms with Crippen LogP contribution in [-0.4, -0.2) is 45.2 Å². The summed E-state index contributed by atoms with van der Waals surface area (Å²) in [6.07, 6.45) is 2.63. The van der Waals surface area contributed by atoms with Crippen molar-refractivity contribution in [1.82, 2.24) is 4.90 Å². The fourth-order valence-electron chi connectivity index (χ4n) is 3.24. The maximum absolute atomic E-state index is 13.3. The molecule has 0 radical (unpaired) electrons. The Hall–Kier alpha value is -2.54. The summed E-state index contributed by atoms with van der Waals surface area (Å²) in [5, 5.41) is 0. The molecule has 1 heterocycles. The fraction of sp³-hybridized carbons (Fsp3) is 0.286. The molecule has 1 aliphatic heterocycles. The lowest BCUT2D eigenvalue weighted by Gasteiger charge is -2.28. The van der Waals surface area contributed by atoms with Crippen LogP contribution in [0.1, 0.15) is 22.3 Å². The van der Waals surface area contributed by atoms with Crippen LogP contribution in [-0.2, 0) is 0 Å². The van der Waals surface area contributed by atoms with Crippen LogP contribution in [0, 0.1) is 5.82 Å². The van der Waals surface area contributed by atoms with Gasteiger partial charge < -0.3 is 19.1 Å². The first-order valence-electron chi connectivity index (χ1n) is 8.72. The van der Waals surface area contributed by atoms with E-state index in [9.17, 15) is 9.18 Å². The number of nitrogens with zero attached hydrogens (tertiary/aromatic N) is 1. The average molecular weight is 450 g/mol. The van der Waals surface area contributed by atoms with Crippen molar-refractivity contribution in [3.8, 4) is 17.2 Å². The zero-order valence-corrected chi connectivity index (χ0v) is 17.5. The van der Waals surface area contributed by atoms with Gasteiger partial charge in [0, 0.05) is 29.7 Å².